The molecular weight excluding hydrogens is 1890 g/mol. The van der Waals surface area contributed by atoms with Crippen LogP contribution in [-0.4, -0.2) is 275 Å². The number of fused-ring (bicyclic) bond motifs is 15. The number of nitrogens with one attached hydrogen (secondary N) is 10. The molecule has 46 heteroatoms. The van der Waals surface area contributed by atoms with Crippen molar-refractivity contribution in [2.24, 2.45) is 17.4 Å². The predicted octanol–water partition coefficient (Wildman–Crippen LogP) is 0.789. The summed E-state index contributed by atoms with van der Waals surface area (Å²) in [6, 6.07) is 4.90. The van der Waals surface area contributed by atoms with Gasteiger partial charge in [0, 0.05) is 38.4 Å². The summed E-state index contributed by atoms with van der Waals surface area (Å²) >= 11 is 14.9. The number of amides is 9. The molecule has 3 fully saturated rings. The van der Waals surface area contributed by atoms with Gasteiger partial charge in [-0.3, -0.25) is 43.2 Å². The van der Waals surface area contributed by atoms with Crippen molar-refractivity contribution in [3.05, 3.63) is 176 Å². The lowest BCUT2D eigenvalue weighted by Gasteiger charge is -2.44. The van der Waals surface area contributed by atoms with Crippen molar-refractivity contribution in [2.45, 2.75) is 225 Å². The highest BCUT2D eigenvalue weighted by Gasteiger charge is 2.52. The van der Waals surface area contributed by atoms with Crippen molar-refractivity contribution in [1.82, 2.24) is 53.2 Å². The van der Waals surface area contributed by atoms with Crippen LogP contribution in [0.4, 0.5) is 0 Å². The SMILES string of the molecule is CC(=O)NC1C(OC2c3ccc(c(Cl)c3)Oc3cc4cc(c3OC3OC(CO)C(O)C(O)C3NC(=O)CCCCCCC(C)C)Oc3ccc(cc3Cl)CC3NC(=O)C(N)c5ccc(O)c(c5)Oc5cc(O)cc(c5)C(NC3=O)C(=O)NC4C(=O)NC(c3ccc(O)cc3)C(=O)NC2C(=O)NC(C(=O)NCCCCNCCCN)c2cc(O)cc(OC3OC(CO)C(O)C(O)C3O)c2)OC(CO)C(O)C1O. The summed E-state index contributed by atoms with van der Waals surface area (Å²) in [5, 5.41) is 184. The van der Waals surface area contributed by atoms with Crippen molar-refractivity contribution >= 4 is 76.4 Å². The average Bonchev–Trinajstić information content (AvgIpc) is 0.760. The molecule has 23 unspecified atom stereocenters. The predicted molar refractivity (Wildman–Crippen MR) is 495 cm³/mol. The van der Waals surface area contributed by atoms with Crippen LogP contribution in [0.15, 0.2) is 127 Å². The Kier molecular flexibility index (Phi) is 36.2. The van der Waals surface area contributed by atoms with Crippen molar-refractivity contribution < 1.29 is 157 Å². The van der Waals surface area contributed by atoms with E-state index in [9.17, 15) is 85.9 Å². The van der Waals surface area contributed by atoms with Gasteiger partial charge in [-0.1, -0.05) is 93.1 Å². The molecule has 28 N–H and O–H groups in total. The van der Waals surface area contributed by atoms with Gasteiger partial charge < -0.3 is 179 Å². The molecule has 7 aromatic rings. The van der Waals surface area contributed by atoms with Crippen molar-refractivity contribution in [2.75, 3.05) is 46.0 Å². The van der Waals surface area contributed by atoms with E-state index < -0.39 is 282 Å². The lowest BCUT2D eigenvalue weighted by molar-refractivity contribution is -0.284. The molecule has 762 valence electrons. The second-order valence-corrected chi connectivity index (χ2v) is 36.2. The number of phenolic OH excluding ortho intramolecular Hbond substituents is 4. The maximum absolute atomic E-state index is 16.9. The first-order valence-electron chi connectivity index (χ1n) is 45.9. The molecule has 13 bridgehead atoms. The molecule has 8 aliphatic heterocycles. The number of nitrogens with two attached hydrogens (primary N) is 2. The van der Waals surface area contributed by atoms with Crippen LogP contribution < -0.4 is 88.3 Å². The Labute approximate surface area is 816 Å². The van der Waals surface area contributed by atoms with Gasteiger partial charge in [0.05, 0.1) is 29.9 Å². The number of carbonyl (C=O) groups excluding carboxylic acids is 9. The van der Waals surface area contributed by atoms with E-state index in [1.54, 1.807) is 0 Å². The molecule has 0 spiro atoms. The Balaban J connectivity index is 1.04. The third-order valence-electron chi connectivity index (χ3n) is 24.5. The first kappa shape index (κ1) is 106. The third-order valence-corrected chi connectivity index (χ3v) is 25.1. The summed E-state index contributed by atoms with van der Waals surface area (Å²) in [5.74, 6) is -16.6. The number of aliphatic hydroxyl groups excluding tert-OH is 10. The molecular formula is C95H116Cl2N12O32. The number of aromatic hydroxyl groups is 4. The molecule has 141 heavy (non-hydrogen) atoms. The fourth-order valence-corrected chi connectivity index (χ4v) is 17.4. The van der Waals surface area contributed by atoms with Gasteiger partial charge in [0.2, 0.25) is 71.5 Å². The Morgan fingerprint density at radius 2 is 1.06 bits per heavy atom. The van der Waals surface area contributed by atoms with Crippen LogP contribution in [0.2, 0.25) is 10.0 Å². The molecule has 0 saturated carbocycles. The second kappa shape index (κ2) is 48.1. The highest BCUT2D eigenvalue weighted by molar-refractivity contribution is 6.32. The smallest absolute Gasteiger partial charge is 0.248 e. The number of benzene rings is 7. The number of halogens is 2. The molecule has 23 atom stereocenters. The monoisotopic (exact) mass is 2010 g/mol. The lowest BCUT2D eigenvalue weighted by Crippen LogP contribution is -2.65. The molecule has 8 aliphatic rings. The number of unbranched alkanes of at least 4 members (excludes halogenated alkanes) is 4. The fourth-order valence-electron chi connectivity index (χ4n) is 16.9. The van der Waals surface area contributed by atoms with Crippen LogP contribution in [-0.2, 0) is 68.5 Å². The van der Waals surface area contributed by atoms with Crippen LogP contribution >= 0.6 is 23.2 Å². The van der Waals surface area contributed by atoms with E-state index in [0.29, 0.717) is 51.2 Å². The molecule has 3 saturated heterocycles. The molecule has 0 aromatic heterocycles. The number of ether oxygens (including phenoxy) is 9. The van der Waals surface area contributed by atoms with E-state index in [1.165, 1.54) is 30.3 Å². The molecule has 0 aliphatic carbocycles. The van der Waals surface area contributed by atoms with Gasteiger partial charge in [0.25, 0.3) is 0 Å². The zero-order chi connectivity index (χ0) is 101. The van der Waals surface area contributed by atoms with E-state index in [4.69, 9.17) is 77.3 Å². The van der Waals surface area contributed by atoms with E-state index in [-0.39, 0.29) is 75.0 Å². The minimum atomic E-state index is -2.54. The summed E-state index contributed by atoms with van der Waals surface area (Å²) in [6.45, 7) is 3.40. The summed E-state index contributed by atoms with van der Waals surface area (Å²) in [5.41, 5.74) is 10.6. The molecule has 8 heterocycles. The maximum Gasteiger partial charge on any atom is 0.248 e. The molecule has 9 amide bonds. The Hall–Kier alpha value is -12.1. The van der Waals surface area contributed by atoms with Crippen LogP contribution in [0, 0.1) is 5.92 Å². The first-order chi connectivity index (χ1) is 67.4. The first-order valence-corrected chi connectivity index (χ1v) is 46.6. The number of hydrogen-bond donors (Lipinski definition) is 26. The van der Waals surface area contributed by atoms with Gasteiger partial charge in [0.15, 0.2) is 29.3 Å². The van der Waals surface area contributed by atoms with Gasteiger partial charge in [0.1, 0.15) is 162 Å². The molecule has 44 nitrogen and oxygen atoms in total. The normalized spacial score (nSPS) is 27.1. The number of aliphatic hydroxyl groups is 10. The standard InChI is InChI=1S/C95H116Cl2N12O32/c1-42(2)11-6-4-5-7-12-68(118)104-75-81(123)78(120)66(40-111)138-94(75)141-85-63-35-50-36-64(85)136-61-22-17-47(33-57(61)97)84(140-93-74(102-43(3)113)80(122)77(119)65(39-110)137-93)76(92(132)107-71(88(128)101-26-9-8-24-100-25-10-23-98)48-29-53(116)38-55(32-48)134-95-83(125)82(124)79(121)67(41-112)139-95)109-89(129)70(45-14-18-51(114)19-15-45)106-91(131)73(50)108-90(130)72-49-30-52(115)37-54(31-49)133-62-34-46(16-20-59(62)117)69(99)87(127)103-58(86(126)105-72)28-44-13-21-60(135-63)56(96)27-44/h13-22,27,29-38,42,58,65-67,69-84,93-95,100,110-112,114-117,119-125H,4-12,23-26,28,39-41,98-99H2,1-3H3,(H,101,128)(H,102,113)(H,103,127)(H,104,118)(H,105,126)(H,106,131)(H,107,132)(H,108,130)(H,109,129). The van der Waals surface area contributed by atoms with Crippen LogP contribution in [0.1, 0.15) is 154 Å². The largest absolute Gasteiger partial charge is 0.508 e. The van der Waals surface area contributed by atoms with Crippen molar-refractivity contribution in [3.8, 4) is 69.0 Å². The molecule has 7 aromatic carbocycles. The number of carbonyl (C=O) groups is 9. The van der Waals surface area contributed by atoms with E-state index >= 15 is 28.8 Å². The number of hydrogen-bond acceptors (Lipinski definition) is 35. The summed E-state index contributed by atoms with van der Waals surface area (Å²) < 4.78 is 57.6. The van der Waals surface area contributed by atoms with E-state index in [1.807, 2.05) is 0 Å². The molecule has 15 rings (SSSR count). The minimum absolute atomic E-state index is 0.0414. The molecule has 0 radical (unpaired) electrons. The number of rotatable bonds is 31. The third kappa shape index (κ3) is 26.2. The van der Waals surface area contributed by atoms with Crippen LogP contribution in [0.3, 0.4) is 0 Å². The average molecular weight is 2010 g/mol. The van der Waals surface area contributed by atoms with Crippen molar-refractivity contribution in [1.29, 1.82) is 0 Å². The van der Waals surface area contributed by atoms with E-state index in [2.05, 4.69) is 67.0 Å². The quantitative estimate of drug-likeness (QED) is 0.0267. The maximum atomic E-state index is 16.9. The zero-order valence-electron chi connectivity index (χ0n) is 76.5. The second-order valence-electron chi connectivity index (χ2n) is 35.4. The van der Waals surface area contributed by atoms with Crippen LogP contribution in [0.5, 0.6) is 69.0 Å². The van der Waals surface area contributed by atoms with Gasteiger partial charge in [-0.15, -0.1) is 0 Å². The Morgan fingerprint density at radius 1 is 0.496 bits per heavy atom. The van der Waals surface area contributed by atoms with Gasteiger partial charge in [-0.25, -0.2) is 0 Å². The van der Waals surface area contributed by atoms with Gasteiger partial charge in [-0.2, -0.15) is 0 Å². The summed E-state index contributed by atoms with van der Waals surface area (Å²) in [6.07, 6.45) is -23.4. The minimum Gasteiger partial charge on any atom is -0.508 e. The van der Waals surface area contributed by atoms with Crippen LogP contribution in [0.25, 0.3) is 0 Å². The fraction of sp³-hybridized carbons (Fsp3) is 0.463. The summed E-state index contributed by atoms with van der Waals surface area (Å²) in [4.78, 5) is 140. The lowest BCUT2D eigenvalue weighted by atomic mass is 9.95. The van der Waals surface area contributed by atoms with Gasteiger partial charge in [-0.05, 0) is 175 Å². The highest BCUT2D eigenvalue weighted by atomic mass is 35.5. The Bertz CT molecular complexity index is 5620. The Morgan fingerprint density at radius 3 is 1.70 bits per heavy atom. The van der Waals surface area contributed by atoms with Gasteiger partial charge >= 0.3 is 0 Å². The summed E-state index contributed by atoms with van der Waals surface area (Å²) in [7, 11) is 0. The highest BCUT2D eigenvalue weighted by Crippen LogP contribution is 2.50. The van der Waals surface area contributed by atoms with Crippen molar-refractivity contribution in [3.63, 3.8) is 0 Å². The van der Waals surface area contributed by atoms with E-state index in [0.717, 1.165) is 123 Å². The topological polar surface area (TPSA) is 692 Å². The number of phenols is 4. The zero-order valence-corrected chi connectivity index (χ0v) is 78.0.